The normalized spacial score (nSPS) is 13.9. The summed E-state index contributed by atoms with van der Waals surface area (Å²) in [4.78, 5) is 23.9. The van der Waals surface area contributed by atoms with Crippen LogP contribution in [-0.4, -0.2) is 64.0 Å². The molecule has 0 amide bonds. The summed E-state index contributed by atoms with van der Waals surface area (Å²) >= 11 is 0. The second kappa shape index (κ2) is 15.9. The van der Waals surface area contributed by atoms with E-state index >= 15 is 0 Å². The summed E-state index contributed by atoms with van der Waals surface area (Å²) in [7, 11) is -3.04. The van der Waals surface area contributed by atoms with Gasteiger partial charge in [0.05, 0.1) is 12.6 Å². The molecule has 0 aromatic carbocycles. The molecule has 2 atom stereocenters. The molecule has 0 spiro atoms. The van der Waals surface area contributed by atoms with Gasteiger partial charge < -0.3 is 23.1 Å². The van der Waals surface area contributed by atoms with E-state index in [2.05, 4.69) is 12.2 Å². The highest BCUT2D eigenvalue weighted by Crippen LogP contribution is 2.14. The van der Waals surface area contributed by atoms with Crippen molar-refractivity contribution >= 4 is 20.7 Å². The molecule has 28 heavy (non-hydrogen) atoms. The van der Waals surface area contributed by atoms with Gasteiger partial charge in [-0.1, -0.05) is 33.1 Å². The number of carboxylic acids is 1. The van der Waals surface area contributed by atoms with Gasteiger partial charge in [-0.15, -0.1) is 0 Å². The zero-order valence-corrected chi connectivity index (χ0v) is 19.1. The smallest absolute Gasteiger partial charge is 0.481 e. The van der Waals surface area contributed by atoms with Crippen molar-refractivity contribution in [2.45, 2.75) is 85.3 Å². The number of hydrogen-bond acceptors (Lipinski definition) is 7. The van der Waals surface area contributed by atoms with E-state index in [0.717, 1.165) is 32.1 Å². The van der Waals surface area contributed by atoms with Crippen LogP contribution in [0.1, 0.15) is 73.1 Å². The summed E-state index contributed by atoms with van der Waals surface area (Å²) in [6.07, 6.45) is 4.00. The largest absolute Gasteiger partial charge is 0.515 e. The van der Waals surface area contributed by atoms with Gasteiger partial charge in [-0.05, 0) is 33.6 Å². The molecule has 0 saturated carbocycles. The second-order valence-corrected chi connectivity index (χ2v) is 9.09. The van der Waals surface area contributed by atoms with Crippen molar-refractivity contribution in [2.24, 2.45) is 0 Å². The SMILES string of the molecule is CCCCC(CCC)OC(=O)C(CC(=O)O)NC[Si](OCC)(OCC)OCC. The fourth-order valence-electron chi connectivity index (χ4n) is 2.86. The third kappa shape index (κ3) is 11.1. The van der Waals surface area contributed by atoms with Gasteiger partial charge in [0.2, 0.25) is 0 Å². The molecule has 0 saturated heterocycles. The van der Waals surface area contributed by atoms with Crippen molar-refractivity contribution in [3.05, 3.63) is 0 Å². The van der Waals surface area contributed by atoms with Crippen molar-refractivity contribution in [2.75, 3.05) is 26.0 Å². The van der Waals surface area contributed by atoms with Gasteiger partial charge in [0.15, 0.2) is 0 Å². The molecule has 2 unspecified atom stereocenters. The average Bonchev–Trinajstić information content (AvgIpc) is 2.63. The minimum atomic E-state index is -3.04. The molecule has 0 radical (unpaired) electrons. The van der Waals surface area contributed by atoms with Crippen LogP contribution in [0.4, 0.5) is 0 Å². The van der Waals surface area contributed by atoms with Crippen LogP contribution >= 0.6 is 0 Å². The van der Waals surface area contributed by atoms with Crippen molar-refractivity contribution in [3.63, 3.8) is 0 Å². The van der Waals surface area contributed by atoms with E-state index in [4.69, 9.17) is 18.0 Å². The fraction of sp³-hybridized carbons (Fsp3) is 0.895. The monoisotopic (exact) mass is 421 g/mol. The van der Waals surface area contributed by atoms with E-state index in [1.807, 2.05) is 27.7 Å². The van der Waals surface area contributed by atoms with E-state index in [9.17, 15) is 14.7 Å². The minimum absolute atomic E-state index is 0.142. The summed E-state index contributed by atoms with van der Waals surface area (Å²) in [5.74, 6) is -1.63. The first-order valence-corrected chi connectivity index (χ1v) is 12.4. The zero-order chi connectivity index (χ0) is 21.4. The van der Waals surface area contributed by atoms with Crippen LogP contribution in [-0.2, 0) is 27.6 Å². The number of nitrogens with one attached hydrogen (secondary N) is 1. The number of aliphatic carboxylic acids is 1. The van der Waals surface area contributed by atoms with Crippen molar-refractivity contribution in [1.29, 1.82) is 0 Å². The molecular formula is C19H39NO7Si. The highest BCUT2D eigenvalue weighted by atomic mass is 28.4. The third-order valence-corrected chi connectivity index (χ3v) is 6.92. The number of unbranched alkanes of at least 4 members (excludes halogenated alkanes) is 1. The first-order valence-electron chi connectivity index (χ1n) is 10.4. The molecule has 0 aromatic heterocycles. The number of hydrogen-bond donors (Lipinski definition) is 2. The molecule has 0 aliphatic carbocycles. The molecule has 8 nitrogen and oxygen atoms in total. The minimum Gasteiger partial charge on any atom is -0.481 e. The summed E-state index contributed by atoms with van der Waals surface area (Å²) < 4.78 is 22.9. The Morgan fingerprint density at radius 2 is 1.50 bits per heavy atom. The molecule has 0 aromatic rings. The van der Waals surface area contributed by atoms with E-state index in [-0.39, 0.29) is 18.7 Å². The first-order chi connectivity index (χ1) is 13.4. The molecule has 0 bridgehead atoms. The Labute approximate surface area is 170 Å². The van der Waals surface area contributed by atoms with Crippen LogP contribution in [0.25, 0.3) is 0 Å². The van der Waals surface area contributed by atoms with Crippen LogP contribution in [0, 0.1) is 0 Å². The molecule has 0 rings (SSSR count). The summed E-state index contributed by atoms with van der Waals surface area (Å²) in [5.41, 5.74) is 0. The van der Waals surface area contributed by atoms with Crippen LogP contribution in [0.3, 0.4) is 0 Å². The third-order valence-electron chi connectivity index (χ3n) is 4.09. The Hall–Kier alpha value is -1.00. The quantitative estimate of drug-likeness (QED) is 0.257. The van der Waals surface area contributed by atoms with E-state index in [0.29, 0.717) is 19.8 Å². The standard InChI is InChI=1S/C19H39NO7Si/c1-6-11-13-16(12-7-2)27-19(23)17(14-18(21)22)20-15-28(24-8-3,25-9-4)26-10-5/h16-17,20H,6-15H2,1-5H3,(H,21,22). The average molecular weight is 422 g/mol. The van der Waals surface area contributed by atoms with Crippen LogP contribution in [0.15, 0.2) is 0 Å². The Bertz CT molecular complexity index is 419. The topological polar surface area (TPSA) is 103 Å². The maximum absolute atomic E-state index is 12.7. The molecular weight excluding hydrogens is 382 g/mol. The van der Waals surface area contributed by atoms with Crippen molar-refractivity contribution < 1.29 is 32.7 Å². The molecule has 2 N–H and O–H groups in total. The van der Waals surface area contributed by atoms with Gasteiger partial charge in [0.1, 0.15) is 12.1 Å². The molecule has 0 heterocycles. The lowest BCUT2D eigenvalue weighted by molar-refractivity contribution is -0.155. The maximum Gasteiger partial charge on any atom is 0.515 e. The molecule has 0 fully saturated rings. The van der Waals surface area contributed by atoms with Crippen LogP contribution in [0.2, 0.25) is 0 Å². The Kier molecular flexibility index (Phi) is 15.3. The van der Waals surface area contributed by atoms with E-state index in [1.165, 1.54) is 0 Å². The van der Waals surface area contributed by atoms with Gasteiger partial charge >= 0.3 is 20.7 Å². The Balaban J connectivity index is 5.15. The second-order valence-electron chi connectivity index (χ2n) is 6.50. The summed E-state index contributed by atoms with van der Waals surface area (Å²) in [6, 6.07) is -0.980. The van der Waals surface area contributed by atoms with Gasteiger partial charge in [-0.3, -0.25) is 14.9 Å². The molecule has 166 valence electrons. The van der Waals surface area contributed by atoms with Crippen LogP contribution in [0.5, 0.6) is 0 Å². The predicted molar refractivity (Wildman–Crippen MR) is 109 cm³/mol. The Morgan fingerprint density at radius 3 is 1.93 bits per heavy atom. The molecule has 9 heteroatoms. The van der Waals surface area contributed by atoms with Gasteiger partial charge in [-0.2, -0.15) is 0 Å². The number of carbonyl (C=O) groups excluding carboxylic acids is 1. The number of esters is 1. The number of carbonyl (C=O) groups is 2. The lowest BCUT2D eigenvalue weighted by Gasteiger charge is -2.30. The maximum atomic E-state index is 12.7. The summed E-state index contributed by atoms with van der Waals surface area (Å²) in [6.45, 7) is 10.8. The first kappa shape index (κ1) is 27.0. The predicted octanol–water partition coefficient (Wildman–Crippen LogP) is 2.91. The van der Waals surface area contributed by atoms with Crippen molar-refractivity contribution in [1.82, 2.24) is 5.32 Å². The number of ether oxygens (including phenoxy) is 1. The lowest BCUT2D eigenvalue weighted by atomic mass is 10.1. The van der Waals surface area contributed by atoms with Crippen molar-refractivity contribution in [3.8, 4) is 0 Å². The van der Waals surface area contributed by atoms with Gasteiger partial charge in [0.25, 0.3) is 0 Å². The Morgan fingerprint density at radius 1 is 0.929 bits per heavy atom. The lowest BCUT2D eigenvalue weighted by Crippen LogP contribution is -2.57. The molecule has 0 aliphatic rings. The van der Waals surface area contributed by atoms with Crippen LogP contribution < -0.4 is 5.32 Å². The zero-order valence-electron chi connectivity index (χ0n) is 18.1. The number of carboxylic acid groups (broad SMARTS) is 1. The summed E-state index contributed by atoms with van der Waals surface area (Å²) in [5, 5.41) is 12.2. The molecule has 0 aliphatic heterocycles. The highest BCUT2D eigenvalue weighted by Gasteiger charge is 2.42. The van der Waals surface area contributed by atoms with Gasteiger partial charge in [0, 0.05) is 19.8 Å². The highest BCUT2D eigenvalue weighted by molar-refractivity contribution is 6.61. The number of rotatable bonds is 18. The van der Waals surface area contributed by atoms with E-state index in [1.54, 1.807) is 0 Å². The van der Waals surface area contributed by atoms with Gasteiger partial charge in [-0.25, -0.2) is 0 Å². The fourth-order valence-corrected chi connectivity index (χ4v) is 5.23. The van der Waals surface area contributed by atoms with E-state index < -0.39 is 26.8 Å².